The number of rotatable bonds is 6. The van der Waals surface area contributed by atoms with Gasteiger partial charge in [-0.1, -0.05) is 49.7 Å². The van der Waals surface area contributed by atoms with E-state index in [0.717, 1.165) is 17.2 Å². The van der Waals surface area contributed by atoms with Crippen molar-refractivity contribution in [2.45, 2.75) is 32.6 Å². The van der Waals surface area contributed by atoms with Crippen LogP contribution in [0.1, 0.15) is 34.0 Å². The van der Waals surface area contributed by atoms with E-state index in [0.29, 0.717) is 0 Å². The van der Waals surface area contributed by atoms with Crippen LogP contribution < -0.4 is 4.90 Å². The molecule has 2 nitrogen and oxygen atoms in total. The summed E-state index contributed by atoms with van der Waals surface area (Å²) in [7, 11) is 2.14. The Hall–Kier alpha value is -1.09. The van der Waals surface area contributed by atoms with Crippen molar-refractivity contribution in [2.24, 2.45) is 0 Å². The molecule has 0 atom stereocenters. The summed E-state index contributed by atoms with van der Waals surface area (Å²) >= 11 is 1.78. The van der Waals surface area contributed by atoms with E-state index in [1.807, 2.05) is 6.07 Å². The molecule has 2 aromatic rings. The summed E-state index contributed by atoms with van der Waals surface area (Å²) in [6.45, 7) is 3.36. The van der Waals surface area contributed by atoms with E-state index in [2.05, 4.69) is 42.1 Å². The third kappa shape index (κ3) is 3.19. The fourth-order valence-electron chi connectivity index (χ4n) is 1.89. The van der Waals surface area contributed by atoms with Crippen molar-refractivity contribution >= 4 is 26.7 Å². The van der Waals surface area contributed by atoms with Crippen LogP contribution in [0, 0.1) is 0 Å². The van der Waals surface area contributed by atoms with E-state index in [4.69, 9.17) is 0 Å². The van der Waals surface area contributed by atoms with Crippen LogP contribution in [-0.2, 0) is 0 Å². The van der Waals surface area contributed by atoms with E-state index < -0.39 is 0 Å². The Morgan fingerprint density at radius 2 is 2.06 bits per heavy atom. The molecule has 0 aliphatic carbocycles. The van der Waals surface area contributed by atoms with Gasteiger partial charge in [-0.25, -0.2) is 4.98 Å². The average molecular weight is 250 g/mol. The van der Waals surface area contributed by atoms with Gasteiger partial charge in [-0.15, -0.1) is 0 Å². The third-order valence-corrected chi connectivity index (χ3v) is 4.11. The number of thiazole rings is 1. The number of aromatic nitrogens is 1. The highest BCUT2D eigenvalue weighted by molar-refractivity contribution is 7.22. The lowest BCUT2D eigenvalue weighted by Gasteiger charge is -2.14. The molecule has 0 unspecified atom stereocenters. The van der Waals surface area contributed by atoms with Crippen LogP contribution in [0.15, 0.2) is 24.3 Å². The van der Waals surface area contributed by atoms with Crippen LogP contribution in [0.25, 0.3) is 10.2 Å². The largest absolute Gasteiger partial charge is 0.351 e. The maximum absolute atomic E-state index is 4.66. The first-order chi connectivity index (χ1) is 8.31. The van der Waals surface area contributed by atoms with Crippen LogP contribution in [0.2, 0.25) is 0 Å². The highest BCUT2D eigenvalue weighted by Crippen LogP contribution is 2.27. The minimum atomic E-state index is 0. The molecule has 0 aliphatic heterocycles. The van der Waals surface area contributed by atoms with Crippen molar-refractivity contribution in [2.75, 3.05) is 18.5 Å². The number of hydrogen-bond acceptors (Lipinski definition) is 3. The fraction of sp³-hybridized carbons (Fsp3) is 0.500. The van der Waals surface area contributed by atoms with E-state index in [-0.39, 0.29) is 1.43 Å². The van der Waals surface area contributed by atoms with Crippen LogP contribution in [0.4, 0.5) is 5.13 Å². The van der Waals surface area contributed by atoms with Crippen molar-refractivity contribution in [3.63, 3.8) is 0 Å². The molecule has 94 valence electrons. The number of benzene rings is 1. The Morgan fingerprint density at radius 3 is 2.82 bits per heavy atom. The molecule has 0 saturated heterocycles. The maximum Gasteiger partial charge on any atom is 0.186 e. The predicted octanol–water partition coefficient (Wildman–Crippen LogP) is 4.56. The summed E-state index contributed by atoms with van der Waals surface area (Å²) in [5, 5.41) is 1.14. The zero-order valence-corrected chi connectivity index (χ0v) is 11.5. The van der Waals surface area contributed by atoms with Crippen LogP contribution in [-0.4, -0.2) is 18.6 Å². The van der Waals surface area contributed by atoms with Gasteiger partial charge >= 0.3 is 0 Å². The summed E-state index contributed by atoms with van der Waals surface area (Å²) in [5.74, 6) is 0. The third-order valence-electron chi connectivity index (χ3n) is 2.96. The zero-order chi connectivity index (χ0) is 12.1. The highest BCUT2D eigenvalue weighted by Gasteiger charge is 2.07. The summed E-state index contributed by atoms with van der Waals surface area (Å²) in [6.07, 6.45) is 5.23. The Balaban J connectivity index is 0.00000162. The average Bonchev–Trinajstić information content (AvgIpc) is 2.78. The number of fused-ring (bicyclic) bond motifs is 1. The smallest absolute Gasteiger partial charge is 0.186 e. The molecule has 1 aromatic heterocycles. The van der Waals surface area contributed by atoms with Crippen molar-refractivity contribution in [1.82, 2.24) is 4.98 Å². The number of nitrogens with zero attached hydrogens (tertiary/aromatic N) is 2. The molecular weight excluding hydrogens is 228 g/mol. The molecule has 0 radical (unpaired) electrons. The van der Waals surface area contributed by atoms with E-state index in [1.165, 1.54) is 30.4 Å². The minimum Gasteiger partial charge on any atom is -0.351 e. The summed E-state index contributed by atoms with van der Waals surface area (Å²) in [5.41, 5.74) is 1.12. The number of hydrogen-bond donors (Lipinski definition) is 0. The number of anilines is 1. The lowest BCUT2D eigenvalue weighted by molar-refractivity contribution is 0.661. The SMILES string of the molecule is CCCCCCN(C)c1nc2ccccc2s1.[HH]. The van der Waals surface area contributed by atoms with Crippen molar-refractivity contribution in [3.8, 4) is 0 Å². The first-order valence-electron chi connectivity index (χ1n) is 6.38. The Labute approximate surface area is 109 Å². The molecule has 1 heterocycles. The lowest BCUT2D eigenvalue weighted by Crippen LogP contribution is -2.17. The van der Waals surface area contributed by atoms with Gasteiger partial charge < -0.3 is 4.90 Å². The first-order valence-corrected chi connectivity index (χ1v) is 7.19. The Bertz CT molecular complexity index is 437. The van der Waals surface area contributed by atoms with Gasteiger partial charge in [0, 0.05) is 15.0 Å². The van der Waals surface area contributed by atoms with Gasteiger partial charge in [0.25, 0.3) is 0 Å². The van der Waals surface area contributed by atoms with Gasteiger partial charge in [0.15, 0.2) is 5.13 Å². The molecule has 2 rings (SSSR count). The van der Waals surface area contributed by atoms with Gasteiger partial charge in [0.2, 0.25) is 0 Å². The monoisotopic (exact) mass is 250 g/mol. The number of unbranched alkanes of at least 4 members (excludes halogenated alkanes) is 3. The fourth-order valence-corrected chi connectivity index (χ4v) is 2.85. The molecule has 0 amide bonds. The quantitative estimate of drug-likeness (QED) is 0.699. The lowest BCUT2D eigenvalue weighted by atomic mass is 10.2. The second-order valence-corrected chi connectivity index (χ2v) is 5.46. The molecule has 3 heteroatoms. The molecule has 17 heavy (non-hydrogen) atoms. The molecule has 0 N–H and O–H groups in total. The second kappa shape index (κ2) is 6.01. The van der Waals surface area contributed by atoms with Crippen LogP contribution in [0.3, 0.4) is 0 Å². The summed E-state index contributed by atoms with van der Waals surface area (Å²) in [6, 6.07) is 8.35. The summed E-state index contributed by atoms with van der Waals surface area (Å²) < 4.78 is 1.28. The first kappa shape index (κ1) is 12.4. The summed E-state index contributed by atoms with van der Waals surface area (Å²) in [4.78, 5) is 6.93. The van der Waals surface area contributed by atoms with E-state index in [9.17, 15) is 0 Å². The molecule has 0 saturated carbocycles. The molecule has 0 spiro atoms. The molecule has 0 fully saturated rings. The topological polar surface area (TPSA) is 16.1 Å². The van der Waals surface area contributed by atoms with Crippen molar-refractivity contribution in [1.29, 1.82) is 0 Å². The normalized spacial score (nSPS) is 10.9. The van der Waals surface area contributed by atoms with Crippen molar-refractivity contribution in [3.05, 3.63) is 24.3 Å². The minimum absolute atomic E-state index is 0. The van der Waals surface area contributed by atoms with Crippen LogP contribution >= 0.6 is 11.3 Å². The van der Waals surface area contributed by atoms with Gasteiger partial charge in [0.1, 0.15) is 0 Å². The molecule has 0 aliphatic rings. The van der Waals surface area contributed by atoms with Crippen LogP contribution in [0.5, 0.6) is 0 Å². The molecule has 0 bridgehead atoms. The predicted molar refractivity (Wildman–Crippen MR) is 79.1 cm³/mol. The van der Waals surface area contributed by atoms with E-state index >= 15 is 0 Å². The zero-order valence-electron chi connectivity index (χ0n) is 10.6. The maximum atomic E-state index is 4.66. The highest BCUT2D eigenvalue weighted by atomic mass is 32.1. The standard InChI is InChI=1S/C14H20N2S.H2/c1-3-4-5-8-11-16(2)14-15-12-9-6-7-10-13(12)17-14;/h6-7,9-10H,3-5,8,11H2,1-2H3;1H. The van der Waals surface area contributed by atoms with Gasteiger partial charge in [-0.05, 0) is 18.6 Å². The van der Waals surface area contributed by atoms with Crippen molar-refractivity contribution < 1.29 is 1.43 Å². The van der Waals surface area contributed by atoms with Gasteiger partial charge in [-0.3, -0.25) is 0 Å². The van der Waals surface area contributed by atoms with E-state index in [1.54, 1.807) is 11.3 Å². The number of para-hydroxylation sites is 1. The van der Waals surface area contributed by atoms with Gasteiger partial charge in [-0.2, -0.15) is 0 Å². The second-order valence-electron chi connectivity index (χ2n) is 4.45. The molecule has 1 aromatic carbocycles. The molecular formula is C14H22N2S. The van der Waals surface area contributed by atoms with Gasteiger partial charge in [0.05, 0.1) is 10.2 Å². The Morgan fingerprint density at radius 1 is 1.24 bits per heavy atom. The Kier molecular flexibility index (Phi) is 4.37.